The molecule has 12 heteroatoms. The molecule has 0 spiro atoms. The van der Waals surface area contributed by atoms with Crippen molar-refractivity contribution in [1.29, 1.82) is 0 Å². The second kappa shape index (κ2) is 8.20. The van der Waals surface area contributed by atoms with Crippen LogP contribution in [0.5, 0.6) is 0 Å². The summed E-state index contributed by atoms with van der Waals surface area (Å²) in [6.45, 7) is -0.379. The lowest BCUT2D eigenvalue weighted by Crippen LogP contribution is -2.54. The summed E-state index contributed by atoms with van der Waals surface area (Å²) in [7, 11) is 0. The molecule has 0 fully saturated rings. The number of alkyl halides is 7. The average molecular weight is 370 g/mol. The first kappa shape index (κ1) is 22.0. The van der Waals surface area contributed by atoms with Gasteiger partial charge in [-0.3, -0.25) is 0 Å². The van der Waals surface area contributed by atoms with Gasteiger partial charge in [0.2, 0.25) is 5.76 Å². The molecule has 0 aromatic heterocycles. The zero-order valence-electron chi connectivity index (χ0n) is 12.4. The lowest BCUT2D eigenvalue weighted by atomic mass is 10.2. The summed E-state index contributed by atoms with van der Waals surface area (Å²) < 4.78 is 100. The van der Waals surface area contributed by atoms with Gasteiger partial charge in [-0.15, -0.1) is 0 Å². The summed E-state index contributed by atoms with van der Waals surface area (Å²) in [5.41, 5.74) is 0. The minimum absolute atomic E-state index is 0.187. The van der Waals surface area contributed by atoms with Gasteiger partial charge in [0.25, 0.3) is 0 Å². The van der Waals surface area contributed by atoms with E-state index in [0.29, 0.717) is 0 Å². The van der Waals surface area contributed by atoms with Crippen LogP contribution in [0.25, 0.3) is 0 Å². The van der Waals surface area contributed by atoms with E-state index in [0.717, 1.165) is 0 Å². The fraction of sp³-hybridized carbons (Fsp3) is 0.667. The van der Waals surface area contributed by atoms with Crippen LogP contribution >= 0.6 is 0 Å². The van der Waals surface area contributed by atoms with Crippen LogP contribution < -0.4 is 0 Å². The molecule has 0 aromatic rings. The topological polar surface area (TPSA) is 61.8 Å². The Bertz CT molecular complexity index is 485. The van der Waals surface area contributed by atoms with Crippen molar-refractivity contribution in [2.45, 2.75) is 31.9 Å². The van der Waals surface area contributed by atoms with Crippen molar-refractivity contribution in [3.05, 3.63) is 11.8 Å². The van der Waals surface area contributed by atoms with Crippen LogP contribution in [0.4, 0.5) is 30.7 Å². The van der Waals surface area contributed by atoms with Crippen molar-refractivity contribution >= 4 is 11.9 Å². The minimum atomic E-state index is -6.55. The molecule has 0 aliphatic rings. The number of halogens is 7. The molecule has 0 heterocycles. The van der Waals surface area contributed by atoms with E-state index in [1.807, 2.05) is 0 Å². The van der Waals surface area contributed by atoms with E-state index in [1.54, 1.807) is 0 Å². The van der Waals surface area contributed by atoms with E-state index >= 15 is 0 Å². The molecule has 5 nitrogen and oxygen atoms in total. The smallest absolute Gasteiger partial charge is 0.460 e. The normalized spacial score (nSPS) is 13.5. The first-order chi connectivity index (χ1) is 10.8. The van der Waals surface area contributed by atoms with Crippen LogP contribution in [0.3, 0.4) is 0 Å². The first-order valence-electron chi connectivity index (χ1n) is 6.30. The second-order valence-corrected chi connectivity index (χ2v) is 4.05. The van der Waals surface area contributed by atoms with E-state index in [4.69, 9.17) is 0 Å². The van der Waals surface area contributed by atoms with Crippen molar-refractivity contribution < 1.29 is 54.5 Å². The van der Waals surface area contributed by atoms with Crippen LogP contribution in [0, 0.1) is 0 Å². The van der Waals surface area contributed by atoms with Gasteiger partial charge >= 0.3 is 30.0 Å². The van der Waals surface area contributed by atoms with Crippen molar-refractivity contribution in [2.75, 3.05) is 19.8 Å². The molecule has 24 heavy (non-hydrogen) atoms. The largest absolute Gasteiger partial charge is 0.480 e. The van der Waals surface area contributed by atoms with E-state index in [1.165, 1.54) is 13.8 Å². The van der Waals surface area contributed by atoms with E-state index in [9.17, 15) is 40.3 Å². The van der Waals surface area contributed by atoms with Crippen molar-refractivity contribution in [3.63, 3.8) is 0 Å². The van der Waals surface area contributed by atoms with Crippen LogP contribution in [-0.4, -0.2) is 49.8 Å². The molecule has 0 bridgehead atoms. The highest BCUT2D eigenvalue weighted by molar-refractivity contribution is 5.94. The maximum atomic E-state index is 13.1. The van der Waals surface area contributed by atoms with Gasteiger partial charge in [0.15, 0.2) is 6.61 Å². The number of carbonyl (C=O) groups is 2. The first-order valence-corrected chi connectivity index (χ1v) is 6.30. The molecule has 140 valence electrons. The van der Waals surface area contributed by atoms with Gasteiger partial charge in [0.05, 0.1) is 19.3 Å². The van der Waals surface area contributed by atoms with Crippen LogP contribution in [-0.2, 0) is 23.8 Å². The Morgan fingerprint density at radius 3 is 1.79 bits per heavy atom. The molecule has 0 unspecified atom stereocenters. The zero-order valence-corrected chi connectivity index (χ0v) is 12.4. The number of carbonyl (C=O) groups excluding carboxylic acids is 2. The highest BCUT2D eigenvalue weighted by atomic mass is 19.4. The number of hydrogen-bond acceptors (Lipinski definition) is 5. The summed E-state index contributed by atoms with van der Waals surface area (Å²) in [6.07, 6.45) is -6.35. The van der Waals surface area contributed by atoms with E-state index < -0.39 is 42.3 Å². The van der Waals surface area contributed by atoms with Crippen molar-refractivity contribution in [2.24, 2.45) is 0 Å². The van der Waals surface area contributed by atoms with Gasteiger partial charge in [-0.1, -0.05) is 0 Å². The molecule has 0 atom stereocenters. The molecule has 0 saturated heterocycles. The number of rotatable bonds is 8. The van der Waals surface area contributed by atoms with Gasteiger partial charge in [0.1, 0.15) is 0 Å². The molecule has 0 rings (SSSR count). The predicted molar refractivity (Wildman–Crippen MR) is 63.3 cm³/mol. The third kappa shape index (κ3) is 5.57. The highest BCUT2D eigenvalue weighted by Crippen LogP contribution is 2.46. The Balaban J connectivity index is 5.32. The maximum Gasteiger partial charge on any atom is 0.460 e. The highest BCUT2D eigenvalue weighted by Gasteiger charge is 2.73. The summed E-state index contributed by atoms with van der Waals surface area (Å²) in [6, 6.07) is 0. The lowest BCUT2D eigenvalue weighted by molar-refractivity contribution is -0.360. The Hall–Kier alpha value is -2.01. The standard InChI is InChI=1S/C12H13F7O5/c1-3-22-8(20)5-7(9(21)23-4-2)24-6-10(13,14)11(15,16)12(17,18)19/h5H,3-4,6H2,1-2H3/b7-5+. The van der Waals surface area contributed by atoms with Gasteiger partial charge in [0, 0.05) is 0 Å². The number of hydrogen-bond donors (Lipinski definition) is 0. The lowest BCUT2D eigenvalue weighted by Gasteiger charge is -2.28. The molecule has 0 amide bonds. The van der Waals surface area contributed by atoms with Crippen LogP contribution in [0.2, 0.25) is 0 Å². The summed E-state index contributed by atoms with van der Waals surface area (Å²) >= 11 is 0. The fourth-order valence-electron chi connectivity index (χ4n) is 1.12. The Kier molecular flexibility index (Phi) is 7.51. The van der Waals surface area contributed by atoms with Crippen molar-refractivity contribution in [1.82, 2.24) is 0 Å². The fourth-order valence-corrected chi connectivity index (χ4v) is 1.12. The van der Waals surface area contributed by atoms with Crippen molar-refractivity contribution in [3.8, 4) is 0 Å². The van der Waals surface area contributed by atoms with Gasteiger partial charge in [-0.2, -0.15) is 30.7 Å². The summed E-state index contributed by atoms with van der Waals surface area (Å²) in [5.74, 6) is -16.2. The monoisotopic (exact) mass is 370 g/mol. The van der Waals surface area contributed by atoms with Gasteiger partial charge in [-0.25, -0.2) is 9.59 Å². The Labute approximate surface area is 131 Å². The Morgan fingerprint density at radius 1 is 0.875 bits per heavy atom. The average Bonchev–Trinajstić information content (AvgIpc) is 2.42. The third-order valence-corrected chi connectivity index (χ3v) is 2.24. The predicted octanol–water partition coefficient (Wildman–Crippen LogP) is 2.85. The molecule has 0 aliphatic heterocycles. The van der Waals surface area contributed by atoms with Gasteiger partial charge in [-0.05, 0) is 13.8 Å². The molecule has 0 N–H and O–H groups in total. The van der Waals surface area contributed by atoms with E-state index in [-0.39, 0.29) is 19.3 Å². The Morgan fingerprint density at radius 2 is 1.38 bits per heavy atom. The summed E-state index contributed by atoms with van der Waals surface area (Å²) in [4.78, 5) is 22.5. The molecular weight excluding hydrogens is 357 g/mol. The number of ether oxygens (including phenoxy) is 3. The third-order valence-electron chi connectivity index (χ3n) is 2.24. The van der Waals surface area contributed by atoms with E-state index in [2.05, 4.69) is 14.2 Å². The minimum Gasteiger partial charge on any atom is -0.480 e. The number of esters is 2. The SMILES string of the molecule is CCOC(=O)/C=C(/OCC(F)(F)C(F)(F)C(F)(F)F)C(=O)OCC. The maximum absolute atomic E-state index is 13.1. The molecule has 0 aromatic carbocycles. The second-order valence-electron chi connectivity index (χ2n) is 4.05. The van der Waals surface area contributed by atoms with Gasteiger partial charge < -0.3 is 14.2 Å². The molecule has 0 radical (unpaired) electrons. The molecule has 0 aliphatic carbocycles. The van der Waals surface area contributed by atoms with Crippen LogP contribution in [0.15, 0.2) is 11.8 Å². The summed E-state index contributed by atoms with van der Waals surface area (Å²) in [5, 5.41) is 0. The zero-order chi connectivity index (χ0) is 19.2. The molecular formula is C12H13F7O5. The molecule has 0 saturated carbocycles. The van der Waals surface area contributed by atoms with Crippen LogP contribution in [0.1, 0.15) is 13.8 Å². The quantitative estimate of drug-likeness (QED) is 0.285.